The number of hydrogen-bond donors (Lipinski definition) is 2. The Morgan fingerprint density at radius 1 is 0.966 bits per heavy atom. The summed E-state index contributed by atoms with van der Waals surface area (Å²) in [5.41, 5.74) is 3.70. The summed E-state index contributed by atoms with van der Waals surface area (Å²) in [4.78, 5) is 21.1. The van der Waals surface area contributed by atoms with E-state index in [0.717, 1.165) is 25.1 Å². The molecule has 0 unspecified atom stereocenters. The Labute approximate surface area is 172 Å². The summed E-state index contributed by atoms with van der Waals surface area (Å²) in [6, 6.07) is 19.9. The average Bonchev–Trinajstić information content (AvgIpc) is 2.72. The van der Waals surface area contributed by atoms with Crippen LogP contribution in [0.4, 0.5) is 11.6 Å². The molecule has 1 amide bonds. The maximum Gasteiger partial charge on any atom is 0.274 e. The molecule has 3 rings (SSSR count). The zero-order chi connectivity index (χ0) is 20.7. The lowest BCUT2D eigenvalue weighted by Gasteiger charge is -2.19. The van der Waals surface area contributed by atoms with Crippen molar-refractivity contribution in [3.63, 3.8) is 0 Å². The van der Waals surface area contributed by atoms with E-state index in [2.05, 4.69) is 53.5 Å². The van der Waals surface area contributed by atoms with Gasteiger partial charge in [0.1, 0.15) is 5.69 Å². The Morgan fingerprint density at radius 2 is 1.69 bits per heavy atom. The molecule has 2 N–H and O–H groups in total. The van der Waals surface area contributed by atoms with Crippen LogP contribution in [-0.4, -0.2) is 22.4 Å². The zero-order valence-corrected chi connectivity index (χ0v) is 17.3. The summed E-state index contributed by atoms with van der Waals surface area (Å²) in [5.74, 6) is 0.219. The van der Waals surface area contributed by atoms with Crippen molar-refractivity contribution in [2.45, 2.75) is 39.0 Å². The first-order valence-corrected chi connectivity index (χ1v) is 9.94. The number of anilines is 2. The SMILES string of the molecule is CC(C)(C)c1ccc(NC(=O)c2ccnc(NCCCc3ccccc3)n2)cc1. The molecule has 0 atom stereocenters. The molecule has 1 aromatic heterocycles. The molecule has 0 radical (unpaired) electrons. The second-order valence-electron chi connectivity index (χ2n) is 8.06. The highest BCUT2D eigenvalue weighted by Crippen LogP contribution is 2.23. The van der Waals surface area contributed by atoms with Crippen LogP contribution in [0.5, 0.6) is 0 Å². The van der Waals surface area contributed by atoms with Crippen LogP contribution < -0.4 is 10.6 Å². The quantitative estimate of drug-likeness (QED) is 0.555. The van der Waals surface area contributed by atoms with E-state index in [1.807, 2.05) is 42.5 Å². The van der Waals surface area contributed by atoms with Gasteiger partial charge in [0.2, 0.25) is 5.95 Å². The fraction of sp³-hybridized carbons (Fsp3) is 0.292. The summed E-state index contributed by atoms with van der Waals surface area (Å²) >= 11 is 0. The first-order valence-electron chi connectivity index (χ1n) is 9.94. The molecule has 1 heterocycles. The number of amides is 1. The minimum absolute atomic E-state index is 0.0796. The van der Waals surface area contributed by atoms with Crippen LogP contribution in [0, 0.1) is 0 Å². The molecule has 0 saturated carbocycles. The maximum atomic E-state index is 12.5. The van der Waals surface area contributed by atoms with Crippen molar-refractivity contribution in [3.05, 3.63) is 83.7 Å². The Kier molecular flexibility index (Phi) is 6.60. The molecule has 150 valence electrons. The second kappa shape index (κ2) is 9.32. The molecule has 0 spiro atoms. The molecule has 0 aliphatic carbocycles. The summed E-state index contributed by atoms with van der Waals surface area (Å²) in [6.07, 6.45) is 3.55. The molecule has 5 heteroatoms. The third-order valence-electron chi connectivity index (χ3n) is 4.67. The third-order valence-corrected chi connectivity index (χ3v) is 4.67. The van der Waals surface area contributed by atoms with E-state index in [0.29, 0.717) is 11.6 Å². The lowest BCUT2D eigenvalue weighted by atomic mass is 9.87. The standard InChI is InChI=1S/C24H28N4O/c1-24(2,3)19-11-13-20(14-12-19)27-22(29)21-15-17-26-23(28-21)25-16-7-10-18-8-5-4-6-9-18/h4-6,8-9,11-15,17H,7,10,16H2,1-3H3,(H,27,29)(H,25,26,28). The minimum Gasteiger partial charge on any atom is -0.354 e. The van der Waals surface area contributed by atoms with Gasteiger partial charge in [-0.25, -0.2) is 9.97 Å². The first-order chi connectivity index (χ1) is 13.9. The Balaban J connectivity index is 1.53. The molecular formula is C24H28N4O. The van der Waals surface area contributed by atoms with Gasteiger partial charge in [-0.2, -0.15) is 0 Å². The van der Waals surface area contributed by atoms with Crippen LogP contribution >= 0.6 is 0 Å². The van der Waals surface area contributed by atoms with Crippen molar-refractivity contribution in [1.29, 1.82) is 0 Å². The maximum absolute atomic E-state index is 12.5. The van der Waals surface area contributed by atoms with Crippen LogP contribution in [0.3, 0.4) is 0 Å². The van der Waals surface area contributed by atoms with Crippen molar-refractivity contribution in [2.24, 2.45) is 0 Å². The molecule has 2 aromatic carbocycles. The van der Waals surface area contributed by atoms with Gasteiger partial charge in [-0.15, -0.1) is 0 Å². The molecule has 0 fully saturated rings. The van der Waals surface area contributed by atoms with E-state index in [-0.39, 0.29) is 11.3 Å². The molecule has 5 nitrogen and oxygen atoms in total. The van der Waals surface area contributed by atoms with Crippen LogP contribution in [0.2, 0.25) is 0 Å². The van der Waals surface area contributed by atoms with Gasteiger partial charge >= 0.3 is 0 Å². The van der Waals surface area contributed by atoms with E-state index < -0.39 is 0 Å². The molecule has 0 aliphatic heterocycles. The average molecular weight is 389 g/mol. The van der Waals surface area contributed by atoms with Crippen molar-refractivity contribution >= 4 is 17.5 Å². The highest BCUT2D eigenvalue weighted by atomic mass is 16.1. The summed E-state index contributed by atoms with van der Waals surface area (Å²) in [5, 5.41) is 6.09. The zero-order valence-electron chi connectivity index (χ0n) is 17.3. The summed E-state index contributed by atoms with van der Waals surface area (Å²) in [6.45, 7) is 7.23. The lowest BCUT2D eigenvalue weighted by Crippen LogP contribution is -2.16. The first kappa shape index (κ1) is 20.5. The van der Waals surface area contributed by atoms with Gasteiger partial charge < -0.3 is 10.6 Å². The van der Waals surface area contributed by atoms with Crippen molar-refractivity contribution < 1.29 is 4.79 Å². The number of aromatic nitrogens is 2. The molecule has 3 aromatic rings. The number of benzene rings is 2. The topological polar surface area (TPSA) is 66.9 Å². The number of rotatable bonds is 7. The highest BCUT2D eigenvalue weighted by Gasteiger charge is 2.14. The second-order valence-corrected chi connectivity index (χ2v) is 8.06. The minimum atomic E-state index is -0.247. The van der Waals surface area contributed by atoms with Crippen molar-refractivity contribution in [1.82, 2.24) is 9.97 Å². The third kappa shape index (κ3) is 6.14. The summed E-state index contributed by atoms with van der Waals surface area (Å²) < 4.78 is 0. The van der Waals surface area contributed by atoms with Gasteiger partial charge in [0.25, 0.3) is 5.91 Å². The number of aryl methyl sites for hydroxylation is 1. The number of carbonyl (C=O) groups is 1. The van der Waals surface area contributed by atoms with E-state index >= 15 is 0 Å². The van der Waals surface area contributed by atoms with Gasteiger partial charge in [-0.1, -0.05) is 63.2 Å². The number of nitrogens with zero attached hydrogens (tertiary/aromatic N) is 2. The predicted octanol–water partition coefficient (Wildman–Crippen LogP) is 5.07. The van der Waals surface area contributed by atoms with Crippen LogP contribution in [-0.2, 0) is 11.8 Å². The van der Waals surface area contributed by atoms with Gasteiger partial charge in [0, 0.05) is 18.4 Å². The highest BCUT2D eigenvalue weighted by molar-refractivity contribution is 6.02. The Hall–Kier alpha value is -3.21. The van der Waals surface area contributed by atoms with Crippen LogP contribution in [0.25, 0.3) is 0 Å². The molecular weight excluding hydrogens is 360 g/mol. The normalized spacial score (nSPS) is 11.1. The van der Waals surface area contributed by atoms with Crippen molar-refractivity contribution in [2.75, 3.05) is 17.2 Å². The van der Waals surface area contributed by atoms with E-state index in [4.69, 9.17) is 0 Å². The van der Waals surface area contributed by atoms with E-state index in [1.54, 1.807) is 12.3 Å². The smallest absolute Gasteiger partial charge is 0.274 e. The molecule has 0 bridgehead atoms. The van der Waals surface area contributed by atoms with Crippen molar-refractivity contribution in [3.8, 4) is 0 Å². The molecule has 0 aliphatic rings. The van der Waals surface area contributed by atoms with Gasteiger partial charge in [0.05, 0.1) is 0 Å². The number of nitrogens with one attached hydrogen (secondary N) is 2. The number of hydrogen-bond acceptors (Lipinski definition) is 4. The van der Waals surface area contributed by atoms with Crippen LogP contribution in [0.1, 0.15) is 48.8 Å². The predicted molar refractivity (Wildman–Crippen MR) is 118 cm³/mol. The summed E-state index contributed by atoms with van der Waals surface area (Å²) in [7, 11) is 0. The largest absolute Gasteiger partial charge is 0.354 e. The monoisotopic (exact) mass is 388 g/mol. The molecule has 29 heavy (non-hydrogen) atoms. The van der Waals surface area contributed by atoms with E-state index in [1.165, 1.54) is 11.1 Å². The Morgan fingerprint density at radius 3 is 2.38 bits per heavy atom. The lowest BCUT2D eigenvalue weighted by molar-refractivity contribution is 0.102. The van der Waals surface area contributed by atoms with Gasteiger partial charge in [0.15, 0.2) is 0 Å². The van der Waals surface area contributed by atoms with Gasteiger partial charge in [-0.05, 0) is 47.6 Å². The van der Waals surface area contributed by atoms with Crippen LogP contribution in [0.15, 0.2) is 66.9 Å². The fourth-order valence-corrected chi connectivity index (χ4v) is 2.96. The van der Waals surface area contributed by atoms with E-state index in [9.17, 15) is 4.79 Å². The Bertz CT molecular complexity index is 931. The van der Waals surface area contributed by atoms with Gasteiger partial charge in [-0.3, -0.25) is 4.79 Å². The molecule has 0 saturated heterocycles. The number of carbonyl (C=O) groups excluding carboxylic acids is 1. The fourth-order valence-electron chi connectivity index (χ4n) is 2.96.